The van der Waals surface area contributed by atoms with Crippen molar-refractivity contribution in [3.8, 4) is 23.0 Å². The fraction of sp³-hybridized carbons (Fsp3) is 0.552. The van der Waals surface area contributed by atoms with Crippen LogP contribution in [0.25, 0.3) is 22.2 Å². The van der Waals surface area contributed by atoms with E-state index in [1.165, 1.54) is 6.92 Å². The number of benzene rings is 1. The van der Waals surface area contributed by atoms with Gasteiger partial charge < -0.3 is 25.4 Å². The van der Waals surface area contributed by atoms with E-state index in [1.807, 2.05) is 4.90 Å². The molecule has 0 radical (unpaired) electrons. The van der Waals surface area contributed by atoms with Crippen molar-refractivity contribution in [2.75, 3.05) is 57.6 Å². The van der Waals surface area contributed by atoms with E-state index >= 15 is 4.39 Å². The lowest BCUT2D eigenvalue weighted by molar-refractivity contribution is -0.137. The fourth-order valence-corrected chi connectivity index (χ4v) is 7.24. The molecule has 3 N–H and O–H groups in total. The Morgan fingerprint density at radius 1 is 1.27 bits per heavy atom. The maximum absolute atomic E-state index is 16.7. The number of hydrogen-bond acceptors (Lipinski definition) is 9. The van der Waals surface area contributed by atoms with Crippen LogP contribution >= 0.6 is 11.6 Å². The van der Waals surface area contributed by atoms with Crippen LogP contribution in [0.1, 0.15) is 36.8 Å². The Labute approximate surface area is 255 Å². The number of anilines is 2. The van der Waals surface area contributed by atoms with Gasteiger partial charge in [-0.1, -0.05) is 11.6 Å². The van der Waals surface area contributed by atoms with E-state index in [-0.39, 0.29) is 59.1 Å². The number of nitrogen functional groups attached to an aromatic ring is 1. The minimum Gasteiger partial charge on any atom is -0.491 e. The number of ether oxygens (including phenoxy) is 2. The molecule has 238 valence electrons. The molecule has 3 aromatic rings. The van der Waals surface area contributed by atoms with Crippen molar-refractivity contribution < 1.29 is 31.4 Å². The Morgan fingerprint density at radius 2 is 2.05 bits per heavy atom. The van der Waals surface area contributed by atoms with Gasteiger partial charge in [-0.3, -0.25) is 4.90 Å². The Morgan fingerprint density at radius 3 is 2.77 bits per heavy atom. The van der Waals surface area contributed by atoms with Gasteiger partial charge in [0.2, 0.25) is 0 Å². The molecular formula is C29H33ClF5N7O2. The first-order valence-corrected chi connectivity index (χ1v) is 14.8. The van der Waals surface area contributed by atoms with Crippen LogP contribution in [0.5, 0.6) is 11.8 Å². The second-order valence-electron chi connectivity index (χ2n) is 11.8. The fourth-order valence-electron chi connectivity index (χ4n) is 6.92. The summed E-state index contributed by atoms with van der Waals surface area (Å²) in [4.78, 5) is 16.8. The Bertz CT molecular complexity index is 1610. The number of pyridine rings is 1. The van der Waals surface area contributed by atoms with Crippen molar-refractivity contribution in [2.45, 2.75) is 56.5 Å². The van der Waals surface area contributed by atoms with E-state index in [2.05, 4.69) is 25.2 Å². The summed E-state index contributed by atoms with van der Waals surface area (Å²) < 4.78 is 86.3. The van der Waals surface area contributed by atoms with Crippen LogP contribution in [0.3, 0.4) is 0 Å². The molecule has 9 nitrogen and oxygen atoms in total. The zero-order chi connectivity index (χ0) is 31.6. The highest BCUT2D eigenvalue weighted by Gasteiger charge is 2.49. The molecule has 0 amide bonds. The van der Waals surface area contributed by atoms with Crippen LogP contribution in [0.15, 0.2) is 6.07 Å². The second-order valence-corrected chi connectivity index (χ2v) is 12.2. The molecule has 2 saturated heterocycles. The van der Waals surface area contributed by atoms with Gasteiger partial charge in [0, 0.05) is 39.0 Å². The van der Waals surface area contributed by atoms with E-state index in [0.717, 1.165) is 25.5 Å². The summed E-state index contributed by atoms with van der Waals surface area (Å²) in [6, 6.07) is 0.716. The molecule has 3 aliphatic heterocycles. The first-order chi connectivity index (χ1) is 20.8. The van der Waals surface area contributed by atoms with Gasteiger partial charge in [0.1, 0.15) is 29.9 Å². The van der Waals surface area contributed by atoms with Crippen LogP contribution in [0.4, 0.5) is 33.6 Å². The van der Waals surface area contributed by atoms with Gasteiger partial charge in [0.25, 0.3) is 0 Å². The molecule has 0 bridgehead atoms. The predicted molar refractivity (Wildman–Crippen MR) is 157 cm³/mol. The minimum absolute atomic E-state index is 0.0685. The molecule has 3 aliphatic rings. The summed E-state index contributed by atoms with van der Waals surface area (Å²) in [5, 5.41) is 2.81. The molecule has 0 spiro atoms. The van der Waals surface area contributed by atoms with Crippen LogP contribution < -0.4 is 25.4 Å². The number of nitrogens with two attached hydrogens (primary N) is 1. The molecule has 2 aromatic heterocycles. The zero-order valence-electron chi connectivity index (χ0n) is 24.5. The number of likely N-dealkylation sites (N-methyl/N-ethyl adjacent to an activating group) is 2. The van der Waals surface area contributed by atoms with Crippen molar-refractivity contribution in [1.82, 2.24) is 25.2 Å². The zero-order valence-corrected chi connectivity index (χ0v) is 25.2. The van der Waals surface area contributed by atoms with Crippen LogP contribution in [0, 0.1) is 12.7 Å². The van der Waals surface area contributed by atoms with Crippen molar-refractivity contribution in [2.24, 2.45) is 0 Å². The highest BCUT2D eigenvalue weighted by molar-refractivity contribution is 6.36. The van der Waals surface area contributed by atoms with Crippen molar-refractivity contribution in [3.05, 3.63) is 28.0 Å². The number of halogens is 6. The molecule has 6 rings (SSSR count). The van der Waals surface area contributed by atoms with Gasteiger partial charge in [0.15, 0.2) is 11.6 Å². The number of alkyl halides is 4. The second kappa shape index (κ2) is 11.3. The third-order valence-corrected chi connectivity index (χ3v) is 9.31. The summed E-state index contributed by atoms with van der Waals surface area (Å²) in [5.41, 5.74) is 2.13. The number of nitrogens with one attached hydrogen (secondary N) is 1. The predicted octanol–water partition coefficient (Wildman–Crippen LogP) is 5.16. The summed E-state index contributed by atoms with van der Waals surface area (Å²) >= 11 is 6.72. The van der Waals surface area contributed by atoms with Crippen molar-refractivity contribution in [3.63, 3.8) is 0 Å². The molecular weight excluding hydrogens is 609 g/mol. The Kier molecular flexibility index (Phi) is 7.90. The van der Waals surface area contributed by atoms with Gasteiger partial charge in [-0.25, -0.2) is 13.8 Å². The van der Waals surface area contributed by atoms with Gasteiger partial charge >= 0.3 is 12.2 Å². The molecule has 15 heteroatoms. The number of aromatic nitrogens is 3. The highest BCUT2D eigenvalue weighted by Crippen LogP contribution is 2.50. The van der Waals surface area contributed by atoms with E-state index in [4.69, 9.17) is 26.8 Å². The first kappa shape index (κ1) is 30.8. The lowest BCUT2D eigenvalue weighted by Gasteiger charge is -2.33. The first-order valence-electron chi connectivity index (χ1n) is 14.4. The van der Waals surface area contributed by atoms with E-state index in [9.17, 15) is 17.6 Å². The molecule has 3 atom stereocenters. The van der Waals surface area contributed by atoms with Gasteiger partial charge in [-0.2, -0.15) is 23.1 Å². The van der Waals surface area contributed by atoms with Crippen LogP contribution in [-0.4, -0.2) is 84.5 Å². The number of hydrogen-bond donors (Lipinski definition) is 2. The van der Waals surface area contributed by atoms with Gasteiger partial charge in [0.05, 0.1) is 39.4 Å². The molecule has 1 aromatic carbocycles. The third-order valence-electron chi connectivity index (χ3n) is 8.95. The van der Waals surface area contributed by atoms with Gasteiger partial charge in [-0.05, 0) is 45.0 Å². The highest BCUT2D eigenvalue weighted by atomic mass is 35.5. The average molecular weight is 642 g/mol. The average Bonchev–Trinajstić information content (AvgIpc) is 3.46. The van der Waals surface area contributed by atoms with E-state index in [0.29, 0.717) is 25.9 Å². The third kappa shape index (κ3) is 5.14. The monoisotopic (exact) mass is 641 g/mol. The van der Waals surface area contributed by atoms with E-state index in [1.54, 1.807) is 14.1 Å². The molecule has 44 heavy (non-hydrogen) atoms. The number of nitrogens with zero attached hydrogens (tertiary/aromatic N) is 5. The maximum Gasteiger partial charge on any atom is 0.418 e. The summed E-state index contributed by atoms with van der Waals surface area (Å²) in [7, 11) is 3.56. The number of fused-ring (bicyclic) bond motifs is 1. The number of rotatable bonds is 6. The van der Waals surface area contributed by atoms with Crippen LogP contribution in [-0.2, 0) is 6.18 Å². The molecule has 0 saturated carbocycles. The molecule has 1 unspecified atom stereocenters. The van der Waals surface area contributed by atoms with E-state index < -0.39 is 45.5 Å². The van der Waals surface area contributed by atoms with Crippen molar-refractivity contribution >= 4 is 34.1 Å². The lowest BCUT2D eigenvalue weighted by atomic mass is 9.95. The summed E-state index contributed by atoms with van der Waals surface area (Å²) in [5.74, 6) is -1.23. The quantitative estimate of drug-likeness (QED) is 0.354. The maximum atomic E-state index is 16.7. The topological polar surface area (TPSA) is 102 Å². The van der Waals surface area contributed by atoms with Crippen molar-refractivity contribution in [1.29, 1.82) is 0 Å². The standard InChI is InChI=1S/C29H33ClF5N7O2/c1-14-9-17(36)38-23(20(14)29(33,34)35)18-21(30)25-19-24(22(18)32)39-27(40-26(19)41(3)16(11-37-2)5-8-43-25)44-13-28-6-4-7-42(28)12-15(31)10-28/h9,15-16,37H,4-8,10-13H2,1-3H3,(H2,36,38)/t15-,16?,28+/m1/s1. The largest absolute Gasteiger partial charge is 0.491 e. The summed E-state index contributed by atoms with van der Waals surface area (Å²) in [6.45, 7) is 3.00. The minimum atomic E-state index is -4.90. The summed E-state index contributed by atoms with van der Waals surface area (Å²) in [6.07, 6.45) is -3.49. The van der Waals surface area contributed by atoms with Crippen LogP contribution in [0.2, 0.25) is 5.02 Å². The SMILES string of the molecule is CNCC1CCOc2c(Cl)c(-c3nc(N)cc(C)c3C(F)(F)F)c(F)c3nc(OC[C@@]45CCCN4C[C@H](F)C5)nc(c23)N1C. The molecule has 5 heterocycles. The smallest absolute Gasteiger partial charge is 0.418 e. The molecule has 2 fully saturated rings. The van der Waals surface area contributed by atoms with Gasteiger partial charge in [-0.15, -0.1) is 0 Å². The normalized spacial score (nSPS) is 23.9. The number of aryl methyl sites for hydroxylation is 1. The lowest BCUT2D eigenvalue weighted by Crippen LogP contribution is -2.44. The molecule has 0 aliphatic carbocycles. The Hall–Kier alpha value is -3.23. The Balaban J connectivity index is 1.58.